The molecule has 1 N–H and O–H groups in total. The monoisotopic (exact) mass is 366 g/mol. The molecule has 0 aliphatic heterocycles. The Hall–Kier alpha value is -2.25. The number of hydrogen-bond donors (Lipinski definition) is 1. The molecule has 7 heteroatoms. The first kappa shape index (κ1) is 17.6. The van der Waals surface area contributed by atoms with Gasteiger partial charge in [-0.15, -0.1) is 11.3 Å². The molecule has 0 fully saturated rings. The van der Waals surface area contributed by atoms with Crippen LogP contribution in [0.1, 0.15) is 16.1 Å². The highest BCUT2D eigenvalue weighted by Gasteiger charge is 2.32. The fraction of sp³-hybridized carbons (Fsp3) is 0.167. The lowest BCUT2D eigenvalue weighted by molar-refractivity contribution is -0.138. The fourth-order valence-electron chi connectivity index (χ4n) is 2.39. The largest absolute Gasteiger partial charge is 0.416 e. The molecule has 2 nitrogen and oxygen atoms in total. The molecule has 0 spiro atoms. The molecule has 3 aromatic rings. The molecule has 0 amide bonds. The Kier molecular flexibility index (Phi) is 5.15. The zero-order chi connectivity index (χ0) is 17.9. The summed E-state index contributed by atoms with van der Waals surface area (Å²) in [7, 11) is 0. The molecule has 0 bridgehead atoms. The van der Waals surface area contributed by atoms with E-state index in [1.165, 1.54) is 35.6 Å². The van der Waals surface area contributed by atoms with Crippen LogP contribution in [0.3, 0.4) is 0 Å². The lowest BCUT2D eigenvalue weighted by Gasteiger charge is -2.12. The van der Waals surface area contributed by atoms with Crippen LogP contribution in [0.15, 0.2) is 54.7 Å². The number of alkyl halides is 3. The predicted molar refractivity (Wildman–Crippen MR) is 89.5 cm³/mol. The van der Waals surface area contributed by atoms with Gasteiger partial charge in [-0.25, -0.2) is 9.37 Å². The molecular formula is C18H14F4N2S. The molecule has 2 aromatic carbocycles. The third-order valence-corrected chi connectivity index (χ3v) is 4.64. The number of halogens is 4. The number of nitrogens with one attached hydrogen (secondary N) is 1. The van der Waals surface area contributed by atoms with Crippen molar-refractivity contribution in [3.05, 3.63) is 76.7 Å². The SMILES string of the molecule is Fc1ccc(-c2cnc(CNCc3ccccc3C(F)(F)F)s2)cc1. The molecule has 0 saturated carbocycles. The van der Waals surface area contributed by atoms with Crippen LogP contribution in [0.5, 0.6) is 0 Å². The quantitative estimate of drug-likeness (QED) is 0.623. The van der Waals surface area contributed by atoms with Gasteiger partial charge in [0.25, 0.3) is 0 Å². The number of nitrogens with zero attached hydrogens (tertiary/aromatic N) is 1. The Balaban J connectivity index is 1.63. The first-order valence-electron chi connectivity index (χ1n) is 7.50. The minimum atomic E-state index is -4.37. The van der Waals surface area contributed by atoms with E-state index >= 15 is 0 Å². The molecule has 130 valence electrons. The van der Waals surface area contributed by atoms with Crippen molar-refractivity contribution in [3.63, 3.8) is 0 Å². The van der Waals surface area contributed by atoms with Crippen LogP contribution >= 0.6 is 11.3 Å². The zero-order valence-corrected chi connectivity index (χ0v) is 13.8. The Morgan fingerprint density at radius 1 is 0.960 bits per heavy atom. The Morgan fingerprint density at radius 2 is 1.68 bits per heavy atom. The van der Waals surface area contributed by atoms with E-state index in [0.29, 0.717) is 6.54 Å². The number of thiazole rings is 1. The van der Waals surface area contributed by atoms with Gasteiger partial charge in [0.2, 0.25) is 0 Å². The lowest BCUT2D eigenvalue weighted by atomic mass is 10.1. The van der Waals surface area contributed by atoms with Crippen molar-refractivity contribution in [1.29, 1.82) is 0 Å². The standard InChI is InChI=1S/C18H14F4N2S/c19-14-7-5-12(6-8-14)16-10-24-17(25-16)11-23-9-13-3-1-2-4-15(13)18(20,21)22/h1-8,10,23H,9,11H2. The molecule has 3 rings (SSSR count). The second kappa shape index (κ2) is 7.33. The Morgan fingerprint density at radius 3 is 2.40 bits per heavy atom. The summed E-state index contributed by atoms with van der Waals surface area (Å²) in [6.07, 6.45) is -2.69. The summed E-state index contributed by atoms with van der Waals surface area (Å²) in [4.78, 5) is 5.14. The molecular weight excluding hydrogens is 352 g/mol. The smallest absolute Gasteiger partial charge is 0.306 e. The van der Waals surface area contributed by atoms with Crippen molar-refractivity contribution in [2.24, 2.45) is 0 Å². The molecule has 25 heavy (non-hydrogen) atoms. The van der Waals surface area contributed by atoms with Crippen molar-refractivity contribution in [2.75, 3.05) is 0 Å². The third kappa shape index (κ3) is 4.43. The van der Waals surface area contributed by atoms with Gasteiger partial charge in [0.1, 0.15) is 10.8 Å². The number of hydrogen-bond acceptors (Lipinski definition) is 3. The zero-order valence-electron chi connectivity index (χ0n) is 13.0. The summed E-state index contributed by atoms with van der Waals surface area (Å²) in [5, 5.41) is 3.75. The topological polar surface area (TPSA) is 24.9 Å². The van der Waals surface area contributed by atoms with Crippen molar-refractivity contribution < 1.29 is 17.6 Å². The van der Waals surface area contributed by atoms with Gasteiger partial charge in [-0.1, -0.05) is 30.3 Å². The van der Waals surface area contributed by atoms with Crippen LogP contribution in [0.4, 0.5) is 17.6 Å². The number of rotatable bonds is 5. The maximum absolute atomic E-state index is 13.0. The van der Waals surface area contributed by atoms with Crippen molar-refractivity contribution in [3.8, 4) is 10.4 Å². The lowest BCUT2D eigenvalue weighted by Crippen LogP contribution is -2.17. The van der Waals surface area contributed by atoms with Crippen LogP contribution in [0.2, 0.25) is 0 Å². The highest BCUT2D eigenvalue weighted by atomic mass is 32.1. The normalized spacial score (nSPS) is 11.7. The van der Waals surface area contributed by atoms with Crippen molar-refractivity contribution in [1.82, 2.24) is 10.3 Å². The highest BCUT2D eigenvalue weighted by molar-refractivity contribution is 7.15. The second-order valence-corrected chi connectivity index (χ2v) is 6.50. The van der Waals surface area contributed by atoms with E-state index in [0.717, 1.165) is 21.5 Å². The minimum Gasteiger partial charge on any atom is -0.306 e. The maximum atomic E-state index is 13.0. The van der Waals surface area contributed by atoms with Gasteiger partial charge in [0, 0.05) is 19.3 Å². The third-order valence-electron chi connectivity index (χ3n) is 3.60. The number of aromatic nitrogens is 1. The average Bonchev–Trinajstić information content (AvgIpc) is 3.04. The highest BCUT2D eigenvalue weighted by Crippen LogP contribution is 2.32. The molecule has 0 unspecified atom stereocenters. The summed E-state index contributed by atoms with van der Waals surface area (Å²) in [5.41, 5.74) is 0.423. The molecule has 1 aromatic heterocycles. The maximum Gasteiger partial charge on any atom is 0.416 e. The van der Waals surface area contributed by atoms with E-state index < -0.39 is 11.7 Å². The van der Waals surface area contributed by atoms with E-state index in [4.69, 9.17) is 0 Å². The van der Waals surface area contributed by atoms with E-state index in [1.54, 1.807) is 24.4 Å². The fourth-order valence-corrected chi connectivity index (χ4v) is 3.29. The van der Waals surface area contributed by atoms with Gasteiger partial charge in [-0.3, -0.25) is 0 Å². The van der Waals surface area contributed by atoms with E-state index in [9.17, 15) is 17.6 Å². The first-order chi connectivity index (χ1) is 11.9. The summed E-state index contributed by atoms with van der Waals surface area (Å²) >= 11 is 1.42. The summed E-state index contributed by atoms with van der Waals surface area (Å²) < 4.78 is 51.8. The van der Waals surface area contributed by atoms with Gasteiger partial charge < -0.3 is 5.32 Å². The van der Waals surface area contributed by atoms with Crippen LogP contribution in [-0.4, -0.2) is 4.98 Å². The van der Waals surface area contributed by atoms with Crippen molar-refractivity contribution >= 4 is 11.3 Å². The molecule has 1 heterocycles. The van der Waals surface area contributed by atoms with Crippen molar-refractivity contribution in [2.45, 2.75) is 19.3 Å². The summed E-state index contributed by atoms with van der Waals surface area (Å²) in [5.74, 6) is -0.307. The molecule has 0 saturated heterocycles. The minimum absolute atomic E-state index is 0.0984. The molecule has 0 radical (unpaired) electrons. The number of benzene rings is 2. The summed E-state index contributed by atoms with van der Waals surface area (Å²) in [6.45, 7) is 0.458. The van der Waals surface area contributed by atoms with Gasteiger partial charge in [-0.2, -0.15) is 13.2 Å². The Labute approximate surface area is 146 Å². The molecule has 0 aliphatic carbocycles. The van der Waals surface area contributed by atoms with Gasteiger partial charge in [-0.05, 0) is 29.3 Å². The van der Waals surface area contributed by atoms with Crippen LogP contribution in [-0.2, 0) is 19.3 Å². The first-order valence-corrected chi connectivity index (χ1v) is 8.31. The molecule has 0 aliphatic rings. The van der Waals surface area contributed by atoms with Gasteiger partial charge >= 0.3 is 6.18 Å². The van der Waals surface area contributed by atoms with Gasteiger partial charge in [0.15, 0.2) is 0 Å². The van der Waals surface area contributed by atoms with E-state index in [2.05, 4.69) is 10.3 Å². The second-order valence-electron chi connectivity index (χ2n) is 5.38. The Bertz CT molecular complexity index is 841. The van der Waals surface area contributed by atoms with Crippen LogP contribution < -0.4 is 5.32 Å². The average molecular weight is 366 g/mol. The summed E-state index contributed by atoms with van der Waals surface area (Å²) in [6, 6.07) is 11.6. The van der Waals surface area contributed by atoms with E-state index in [-0.39, 0.29) is 17.9 Å². The van der Waals surface area contributed by atoms with E-state index in [1.807, 2.05) is 0 Å². The van der Waals surface area contributed by atoms with Gasteiger partial charge in [0.05, 0.1) is 10.4 Å². The predicted octanol–water partition coefficient (Wildman–Crippen LogP) is 5.26. The molecule has 0 atom stereocenters. The van der Waals surface area contributed by atoms with Crippen LogP contribution in [0.25, 0.3) is 10.4 Å². The van der Waals surface area contributed by atoms with Crippen LogP contribution in [0, 0.1) is 5.82 Å².